The molecule has 0 saturated heterocycles. The molecule has 0 bridgehead atoms. The highest BCUT2D eigenvalue weighted by Crippen LogP contribution is 2.24. The summed E-state index contributed by atoms with van der Waals surface area (Å²) >= 11 is 6.00. The predicted molar refractivity (Wildman–Crippen MR) is 68.8 cm³/mol. The third kappa shape index (κ3) is 2.38. The fourth-order valence-electron chi connectivity index (χ4n) is 1.55. The van der Waals surface area contributed by atoms with E-state index in [1.807, 2.05) is 36.0 Å². The second kappa shape index (κ2) is 5.34. The first kappa shape index (κ1) is 13.0. The molecule has 0 amide bonds. The maximum atomic E-state index is 6.00. The average molecular weight is 258 g/mol. The van der Waals surface area contributed by atoms with Gasteiger partial charge in [-0.2, -0.15) is 5.10 Å². The lowest BCUT2D eigenvalue weighted by molar-refractivity contribution is 0.775. The van der Waals surface area contributed by atoms with Crippen molar-refractivity contribution < 1.29 is 0 Å². The van der Waals surface area contributed by atoms with Gasteiger partial charge in [0.05, 0.1) is 5.69 Å². The van der Waals surface area contributed by atoms with Gasteiger partial charge < -0.3 is 5.73 Å². The third-order valence-electron chi connectivity index (χ3n) is 2.38. The molecule has 3 nitrogen and oxygen atoms in total. The number of nitrogens with zero attached hydrogens (tertiary/aromatic N) is 2. The van der Waals surface area contributed by atoms with E-state index in [0.717, 1.165) is 16.8 Å². The zero-order valence-electron chi connectivity index (χ0n) is 8.85. The highest BCUT2D eigenvalue weighted by molar-refractivity contribution is 6.31. The summed E-state index contributed by atoms with van der Waals surface area (Å²) in [6.45, 7) is 0.449. The number of halogens is 2. The molecule has 5 heteroatoms. The number of aryl methyl sites for hydroxylation is 1. The van der Waals surface area contributed by atoms with Crippen LogP contribution < -0.4 is 5.73 Å². The molecule has 0 aliphatic heterocycles. The minimum Gasteiger partial charge on any atom is -0.326 e. The van der Waals surface area contributed by atoms with E-state index in [0.29, 0.717) is 11.6 Å². The van der Waals surface area contributed by atoms with Crippen molar-refractivity contribution in [2.45, 2.75) is 6.54 Å². The summed E-state index contributed by atoms with van der Waals surface area (Å²) in [6.07, 6.45) is 1.77. The molecular formula is C11H13Cl2N3. The van der Waals surface area contributed by atoms with E-state index in [1.165, 1.54) is 0 Å². The molecule has 0 fully saturated rings. The Balaban J connectivity index is 0.00000128. The van der Waals surface area contributed by atoms with Crippen LogP contribution in [0, 0.1) is 0 Å². The minimum atomic E-state index is 0. The van der Waals surface area contributed by atoms with Gasteiger partial charge in [-0.25, -0.2) is 0 Å². The van der Waals surface area contributed by atoms with Crippen LogP contribution >= 0.6 is 24.0 Å². The molecular weight excluding hydrogens is 245 g/mol. The van der Waals surface area contributed by atoms with Gasteiger partial charge in [0.25, 0.3) is 0 Å². The van der Waals surface area contributed by atoms with Crippen molar-refractivity contribution in [1.29, 1.82) is 0 Å². The number of nitrogens with two attached hydrogens (primary N) is 1. The minimum absolute atomic E-state index is 0. The lowest BCUT2D eigenvalue weighted by Crippen LogP contribution is -1.99. The van der Waals surface area contributed by atoms with Crippen LogP contribution in [0.25, 0.3) is 11.3 Å². The molecule has 0 aliphatic rings. The maximum absolute atomic E-state index is 6.00. The topological polar surface area (TPSA) is 43.8 Å². The predicted octanol–water partition coefficient (Wildman–Crippen LogP) is 2.62. The molecule has 0 spiro atoms. The molecule has 1 heterocycles. The quantitative estimate of drug-likeness (QED) is 0.899. The van der Waals surface area contributed by atoms with Gasteiger partial charge in [0.15, 0.2) is 0 Å². The first-order valence-electron chi connectivity index (χ1n) is 4.69. The van der Waals surface area contributed by atoms with Crippen molar-refractivity contribution in [3.8, 4) is 11.3 Å². The lowest BCUT2D eigenvalue weighted by Gasteiger charge is -2.06. The van der Waals surface area contributed by atoms with Crippen molar-refractivity contribution >= 4 is 24.0 Å². The van der Waals surface area contributed by atoms with Gasteiger partial charge in [0, 0.05) is 30.4 Å². The van der Waals surface area contributed by atoms with Crippen molar-refractivity contribution in [2.75, 3.05) is 0 Å². The van der Waals surface area contributed by atoms with Crippen LogP contribution in [0.3, 0.4) is 0 Å². The van der Waals surface area contributed by atoms with Gasteiger partial charge >= 0.3 is 0 Å². The van der Waals surface area contributed by atoms with Crippen molar-refractivity contribution in [3.63, 3.8) is 0 Å². The van der Waals surface area contributed by atoms with Crippen LogP contribution in [0.4, 0.5) is 0 Å². The number of benzene rings is 1. The molecule has 2 N–H and O–H groups in total. The number of rotatable bonds is 2. The summed E-state index contributed by atoms with van der Waals surface area (Å²) in [5.74, 6) is 0. The van der Waals surface area contributed by atoms with E-state index in [1.54, 1.807) is 6.20 Å². The Morgan fingerprint density at radius 2 is 2.12 bits per heavy atom. The molecule has 0 aliphatic carbocycles. The smallest absolute Gasteiger partial charge is 0.0679 e. The average Bonchev–Trinajstić information content (AvgIpc) is 2.65. The standard InChI is InChI=1S/C11H12ClN3.ClH/c1-15-11(4-5-14-15)8-2-3-10(12)9(6-8)7-13;/h2-6H,7,13H2,1H3;1H. The van der Waals surface area contributed by atoms with Gasteiger partial charge in [0.2, 0.25) is 0 Å². The molecule has 1 aromatic heterocycles. The summed E-state index contributed by atoms with van der Waals surface area (Å²) in [6, 6.07) is 7.80. The number of hydrogen-bond acceptors (Lipinski definition) is 2. The van der Waals surface area contributed by atoms with Gasteiger partial charge in [-0.3, -0.25) is 4.68 Å². The largest absolute Gasteiger partial charge is 0.326 e. The van der Waals surface area contributed by atoms with Gasteiger partial charge in [-0.15, -0.1) is 12.4 Å². The Kier molecular flexibility index (Phi) is 4.35. The Hall–Kier alpha value is -1.03. The molecule has 0 unspecified atom stereocenters. The summed E-state index contributed by atoms with van der Waals surface area (Å²) in [7, 11) is 1.91. The number of aromatic nitrogens is 2. The molecule has 0 atom stereocenters. The highest BCUT2D eigenvalue weighted by Gasteiger charge is 2.05. The van der Waals surface area contributed by atoms with E-state index in [4.69, 9.17) is 17.3 Å². The second-order valence-electron chi connectivity index (χ2n) is 3.35. The van der Waals surface area contributed by atoms with Crippen LogP contribution in [0.2, 0.25) is 5.02 Å². The molecule has 16 heavy (non-hydrogen) atoms. The Morgan fingerprint density at radius 3 is 2.69 bits per heavy atom. The first-order valence-corrected chi connectivity index (χ1v) is 5.07. The van der Waals surface area contributed by atoms with Crippen LogP contribution in [-0.4, -0.2) is 9.78 Å². The highest BCUT2D eigenvalue weighted by atomic mass is 35.5. The van der Waals surface area contributed by atoms with Gasteiger partial charge in [-0.05, 0) is 23.8 Å². The second-order valence-corrected chi connectivity index (χ2v) is 3.76. The van der Waals surface area contributed by atoms with Crippen molar-refractivity contribution in [2.24, 2.45) is 12.8 Å². The zero-order chi connectivity index (χ0) is 10.8. The summed E-state index contributed by atoms with van der Waals surface area (Å²) in [5.41, 5.74) is 8.70. The third-order valence-corrected chi connectivity index (χ3v) is 2.75. The molecule has 0 saturated carbocycles. The molecule has 86 valence electrons. The van der Waals surface area contributed by atoms with Crippen LogP contribution in [0.1, 0.15) is 5.56 Å². The van der Waals surface area contributed by atoms with E-state index in [2.05, 4.69) is 5.10 Å². The van der Waals surface area contributed by atoms with Crippen LogP contribution in [0.5, 0.6) is 0 Å². The summed E-state index contributed by atoms with van der Waals surface area (Å²) < 4.78 is 1.82. The van der Waals surface area contributed by atoms with E-state index in [9.17, 15) is 0 Å². The lowest BCUT2D eigenvalue weighted by atomic mass is 10.1. The molecule has 2 rings (SSSR count). The first-order chi connectivity index (χ1) is 7.22. The fourth-order valence-corrected chi connectivity index (χ4v) is 1.74. The van der Waals surface area contributed by atoms with E-state index in [-0.39, 0.29) is 12.4 Å². The van der Waals surface area contributed by atoms with Crippen molar-refractivity contribution in [3.05, 3.63) is 41.0 Å². The van der Waals surface area contributed by atoms with Crippen LogP contribution in [-0.2, 0) is 13.6 Å². The van der Waals surface area contributed by atoms with E-state index >= 15 is 0 Å². The molecule has 1 aromatic carbocycles. The van der Waals surface area contributed by atoms with E-state index < -0.39 is 0 Å². The zero-order valence-corrected chi connectivity index (χ0v) is 10.4. The molecule has 2 aromatic rings. The fraction of sp³-hybridized carbons (Fsp3) is 0.182. The van der Waals surface area contributed by atoms with Crippen molar-refractivity contribution in [1.82, 2.24) is 9.78 Å². The van der Waals surface area contributed by atoms with Gasteiger partial charge in [0.1, 0.15) is 0 Å². The van der Waals surface area contributed by atoms with Gasteiger partial charge in [-0.1, -0.05) is 17.7 Å². The summed E-state index contributed by atoms with van der Waals surface area (Å²) in [4.78, 5) is 0. The summed E-state index contributed by atoms with van der Waals surface area (Å²) in [5, 5.41) is 4.83. The molecule has 0 radical (unpaired) electrons. The monoisotopic (exact) mass is 257 g/mol. The Bertz CT molecular complexity index is 480. The maximum Gasteiger partial charge on any atom is 0.0679 e. The normalized spacial score (nSPS) is 9.94. The Labute approximate surface area is 106 Å². The van der Waals surface area contributed by atoms with Crippen LogP contribution in [0.15, 0.2) is 30.5 Å². The SMILES string of the molecule is Cl.Cn1nccc1-c1ccc(Cl)c(CN)c1. The number of hydrogen-bond donors (Lipinski definition) is 1. The Morgan fingerprint density at radius 1 is 1.38 bits per heavy atom.